The molecule has 1 fully saturated rings. The van der Waals surface area contributed by atoms with Crippen LogP contribution in [0.2, 0.25) is 0 Å². The number of amides is 2. The SMILES string of the molecule is Cc1cc(NC(=O)COc2cccc(/C=C3\SC(=S)N(CCC(=O)O)C3=O)c2)ccc1Br. The Hall–Kier alpha value is -2.69. The van der Waals surface area contributed by atoms with Gasteiger partial charge in [-0.3, -0.25) is 19.3 Å². The smallest absolute Gasteiger partial charge is 0.305 e. The van der Waals surface area contributed by atoms with Crippen molar-refractivity contribution in [1.82, 2.24) is 4.90 Å². The van der Waals surface area contributed by atoms with Crippen LogP contribution in [0.15, 0.2) is 51.8 Å². The Bertz CT molecular complexity index is 1120. The number of carboxylic acids is 1. The molecule has 2 N–H and O–H groups in total. The van der Waals surface area contributed by atoms with Gasteiger partial charge in [0.05, 0.1) is 11.3 Å². The van der Waals surface area contributed by atoms with Crippen molar-refractivity contribution < 1.29 is 24.2 Å². The van der Waals surface area contributed by atoms with Gasteiger partial charge in [0.1, 0.15) is 10.1 Å². The van der Waals surface area contributed by atoms with E-state index >= 15 is 0 Å². The zero-order valence-electron chi connectivity index (χ0n) is 17.0. The molecule has 1 saturated heterocycles. The fourth-order valence-electron chi connectivity index (χ4n) is 2.81. The summed E-state index contributed by atoms with van der Waals surface area (Å²) in [7, 11) is 0. The van der Waals surface area contributed by atoms with Gasteiger partial charge in [0.2, 0.25) is 0 Å². The number of nitrogens with one attached hydrogen (secondary N) is 1. The fourth-order valence-corrected chi connectivity index (χ4v) is 4.37. The van der Waals surface area contributed by atoms with Gasteiger partial charge in [0.15, 0.2) is 6.61 Å². The fraction of sp³-hybridized carbons (Fsp3) is 0.182. The van der Waals surface area contributed by atoms with E-state index in [-0.39, 0.29) is 31.4 Å². The summed E-state index contributed by atoms with van der Waals surface area (Å²) in [5.74, 6) is -1.14. The number of halogens is 1. The summed E-state index contributed by atoms with van der Waals surface area (Å²) in [5.41, 5.74) is 2.38. The lowest BCUT2D eigenvalue weighted by molar-refractivity contribution is -0.137. The molecule has 166 valence electrons. The van der Waals surface area contributed by atoms with Crippen molar-refractivity contribution in [3.8, 4) is 5.75 Å². The Morgan fingerprint density at radius 2 is 2.06 bits per heavy atom. The highest BCUT2D eigenvalue weighted by atomic mass is 79.9. The molecule has 3 rings (SSSR count). The maximum atomic E-state index is 12.5. The van der Waals surface area contributed by atoms with Gasteiger partial charge in [-0.1, -0.05) is 52.0 Å². The summed E-state index contributed by atoms with van der Waals surface area (Å²) in [6, 6.07) is 12.5. The monoisotopic (exact) mass is 534 g/mol. The van der Waals surface area contributed by atoms with Gasteiger partial charge < -0.3 is 15.2 Å². The van der Waals surface area contributed by atoms with E-state index in [0.29, 0.717) is 26.2 Å². The van der Waals surface area contributed by atoms with Gasteiger partial charge in [-0.25, -0.2) is 0 Å². The van der Waals surface area contributed by atoms with Crippen molar-refractivity contribution in [3.63, 3.8) is 0 Å². The lowest BCUT2D eigenvalue weighted by atomic mass is 10.2. The largest absolute Gasteiger partial charge is 0.484 e. The molecule has 2 amide bonds. The van der Waals surface area contributed by atoms with Gasteiger partial charge in [-0.15, -0.1) is 0 Å². The van der Waals surface area contributed by atoms with Crippen LogP contribution in [0.25, 0.3) is 6.08 Å². The number of aliphatic carboxylic acids is 1. The predicted molar refractivity (Wildman–Crippen MR) is 132 cm³/mol. The van der Waals surface area contributed by atoms with Crippen molar-refractivity contribution in [2.24, 2.45) is 0 Å². The number of hydrogen-bond acceptors (Lipinski definition) is 6. The van der Waals surface area contributed by atoms with Gasteiger partial charge in [-0.2, -0.15) is 0 Å². The van der Waals surface area contributed by atoms with Crippen LogP contribution >= 0.6 is 39.9 Å². The molecule has 0 aromatic heterocycles. The first kappa shape index (κ1) is 24.0. The number of thiocarbonyl (C=S) groups is 1. The normalized spacial score (nSPS) is 14.7. The summed E-state index contributed by atoms with van der Waals surface area (Å²) < 4.78 is 6.88. The van der Waals surface area contributed by atoms with Crippen LogP contribution in [-0.4, -0.2) is 45.3 Å². The molecule has 0 radical (unpaired) electrons. The van der Waals surface area contributed by atoms with E-state index in [0.717, 1.165) is 21.8 Å². The third-order valence-electron chi connectivity index (χ3n) is 4.39. The summed E-state index contributed by atoms with van der Waals surface area (Å²) in [6.07, 6.45) is 1.49. The standard InChI is InChI=1S/C22H19BrN2O5S2/c1-13-9-15(5-6-17(13)23)24-19(26)12-30-16-4-2-3-14(10-16)11-18-21(29)25(22(31)32-18)8-7-20(27)28/h2-6,9-11H,7-8,12H2,1H3,(H,24,26)(H,27,28)/b18-11-. The van der Waals surface area contributed by atoms with E-state index in [2.05, 4.69) is 21.2 Å². The van der Waals surface area contributed by atoms with E-state index < -0.39 is 5.97 Å². The van der Waals surface area contributed by atoms with Crippen LogP contribution in [0.4, 0.5) is 5.69 Å². The molecule has 0 unspecified atom stereocenters. The number of aryl methyl sites for hydroxylation is 1. The molecule has 0 saturated carbocycles. The van der Waals surface area contributed by atoms with E-state index in [9.17, 15) is 14.4 Å². The van der Waals surface area contributed by atoms with Gasteiger partial charge in [-0.05, 0) is 54.5 Å². The van der Waals surface area contributed by atoms with Crippen LogP contribution in [0, 0.1) is 6.92 Å². The van der Waals surface area contributed by atoms with Crippen molar-refractivity contribution >= 4 is 73.8 Å². The van der Waals surface area contributed by atoms with Gasteiger partial charge in [0, 0.05) is 16.7 Å². The molecule has 10 heteroatoms. The Labute approximate surface area is 202 Å². The summed E-state index contributed by atoms with van der Waals surface area (Å²) in [5, 5.41) is 11.6. The van der Waals surface area contributed by atoms with E-state index in [4.69, 9.17) is 22.1 Å². The number of benzene rings is 2. The average molecular weight is 535 g/mol. The highest BCUT2D eigenvalue weighted by Crippen LogP contribution is 2.33. The second-order valence-corrected chi connectivity index (χ2v) is 9.38. The summed E-state index contributed by atoms with van der Waals surface area (Å²) >= 11 is 9.73. The molecular weight excluding hydrogens is 516 g/mol. The Kier molecular flexibility index (Phi) is 8.05. The number of carbonyl (C=O) groups excluding carboxylic acids is 2. The topological polar surface area (TPSA) is 95.9 Å². The number of carboxylic acid groups (broad SMARTS) is 1. The minimum atomic E-state index is -0.993. The molecule has 0 atom stereocenters. The number of rotatable bonds is 8. The first-order valence-electron chi connectivity index (χ1n) is 9.49. The zero-order valence-corrected chi connectivity index (χ0v) is 20.2. The Morgan fingerprint density at radius 1 is 1.28 bits per heavy atom. The summed E-state index contributed by atoms with van der Waals surface area (Å²) in [4.78, 5) is 37.2. The third-order valence-corrected chi connectivity index (χ3v) is 6.66. The quantitative estimate of drug-likeness (QED) is 0.381. The molecule has 1 aliphatic heterocycles. The molecule has 2 aromatic rings. The van der Waals surface area contributed by atoms with Crippen LogP contribution in [0.1, 0.15) is 17.5 Å². The molecule has 2 aromatic carbocycles. The van der Waals surface area contributed by atoms with Crippen molar-refractivity contribution in [2.45, 2.75) is 13.3 Å². The average Bonchev–Trinajstić information content (AvgIpc) is 3.00. The first-order chi connectivity index (χ1) is 15.2. The Morgan fingerprint density at radius 3 is 2.78 bits per heavy atom. The van der Waals surface area contributed by atoms with Crippen molar-refractivity contribution in [3.05, 3.63) is 63.0 Å². The number of thioether (sulfide) groups is 1. The van der Waals surface area contributed by atoms with E-state index in [1.807, 2.05) is 19.1 Å². The lowest BCUT2D eigenvalue weighted by Crippen LogP contribution is -2.30. The maximum absolute atomic E-state index is 12.5. The number of hydrogen-bond donors (Lipinski definition) is 2. The lowest BCUT2D eigenvalue weighted by Gasteiger charge is -2.12. The van der Waals surface area contributed by atoms with Gasteiger partial charge >= 0.3 is 5.97 Å². The third kappa shape index (κ3) is 6.41. The molecule has 32 heavy (non-hydrogen) atoms. The number of carbonyl (C=O) groups is 3. The Balaban J connectivity index is 1.61. The minimum absolute atomic E-state index is 0.0352. The molecule has 0 bridgehead atoms. The molecule has 0 aliphatic carbocycles. The summed E-state index contributed by atoms with van der Waals surface area (Å²) in [6.45, 7) is 1.80. The second kappa shape index (κ2) is 10.8. The van der Waals surface area contributed by atoms with Crippen LogP contribution in [0.5, 0.6) is 5.75 Å². The number of ether oxygens (including phenoxy) is 1. The van der Waals surface area contributed by atoms with Crippen LogP contribution in [-0.2, 0) is 14.4 Å². The van der Waals surface area contributed by atoms with Gasteiger partial charge in [0.25, 0.3) is 11.8 Å². The molecule has 0 spiro atoms. The zero-order chi connectivity index (χ0) is 23.3. The molecule has 1 aliphatic rings. The molecular formula is C22H19BrN2O5S2. The maximum Gasteiger partial charge on any atom is 0.305 e. The second-order valence-electron chi connectivity index (χ2n) is 6.85. The molecule has 1 heterocycles. The number of nitrogens with zero attached hydrogens (tertiary/aromatic N) is 1. The van der Waals surface area contributed by atoms with E-state index in [1.165, 1.54) is 4.90 Å². The first-order valence-corrected chi connectivity index (χ1v) is 11.5. The molecule has 7 nitrogen and oxygen atoms in total. The van der Waals surface area contributed by atoms with Crippen molar-refractivity contribution in [2.75, 3.05) is 18.5 Å². The highest BCUT2D eigenvalue weighted by molar-refractivity contribution is 9.10. The van der Waals surface area contributed by atoms with Crippen LogP contribution in [0.3, 0.4) is 0 Å². The van der Waals surface area contributed by atoms with Crippen LogP contribution < -0.4 is 10.1 Å². The highest BCUT2D eigenvalue weighted by Gasteiger charge is 2.32. The minimum Gasteiger partial charge on any atom is -0.484 e. The predicted octanol–water partition coefficient (Wildman–Crippen LogP) is 4.45. The number of anilines is 1. The van der Waals surface area contributed by atoms with E-state index in [1.54, 1.807) is 36.4 Å². The van der Waals surface area contributed by atoms with Crippen molar-refractivity contribution in [1.29, 1.82) is 0 Å².